The number of ether oxygens (including phenoxy) is 2. The maximum Gasteiger partial charge on any atom is 0.314 e. The summed E-state index contributed by atoms with van der Waals surface area (Å²) in [6.45, 7) is 6.11. The van der Waals surface area contributed by atoms with Crippen LogP contribution in [0.25, 0.3) is 0 Å². The largest absolute Gasteiger partial charge is 0.486 e. The Balaban J connectivity index is 1.23. The Morgan fingerprint density at radius 1 is 0.973 bits per heavy atom. The van der Waals surface area contributed by atoms with Crippen LogP contribution in [0.3, 0.4) is 0 Å². The van der Waals surface area contributed by atoms with Gasteiger partial charge in [-0.2, -0.15) is 0 Å². The first-order chi connectivity index (χ1) is 18.1. The second-order valence-electron chi connectivity index (χ2n) is 12.1. The predicted molar refractivity (Wildman–Crippen MR) is 148 cm³/mol. The second-order valence-corrected chi connectivity index (χ2v) is 12.1. The number of carbonyl (C=O) groups excluding carboxylic acids is 1. The normalized spacial score (nSPS) is 29.8. The van der Waals surface area contributed by atoms with E-state index in [-0.39, 0.29) is 30.0 Å². The third-order valence-corrected chi connectivity index (χ3v) is 9.74. The number of esters is 1. The van der Waals surface area contributed by atoms with Gasteiger partial charge in [0.25, 0.3) is 0 Å². The zero-order chi connectivity index (χ0) is 26.0. The lowest BCUT2D eigenvalue weighted by molar-refractivity contribution is -0.144. The van der Waals surface area contributed by atoms with Gasteiger partial charge in [-0.3, -0.25) is 4.79 Å². The summed E-state index contributed by atoms with van der Waals surface area (Å²) in [5.74, 6) is 3.46. The van der Waals surface area contributed by atoms with Gasteiger partial charge in [0.15, 0.2) is 11.6 Å². The molecular formula is C33H49FO3. The van der Waals surface area contributed by atoms with E-state index in [2.05, 4.69) is 13.5 Å². The molecule has 0 N–H and O–H groups in total. The zero-order valence-electron chi connectivity index (χ0n) is 23.1. The van der Waals surface area contributed by atoms with Gasteiger partial charge in [0, 0.05) is 6.07 Å². The van der Waals surface area contributed by atoms with Crippen LogP contribution in [0.15, 0.2) is 30.9 Å². The average molecular weight is 513 g/mol. The fourth-order valence-corrected chi connectivity index (χ4v) is 7.71. The standard InChI is InChI=1S/C33H49FO3/c1-3-5-6-7-8-10-24-13-15-25(16-14-24)26-17-19-29-27(22-26)11-9-12-30(29)33(35)37-28-18-20-32(31(34)23-28)36-21-4-2/h4,18,20,23-27,29-30H,2-3,5-17,19,21-22H2,1H3. The van der Waals surface area contributed by atoms with E-state index in [9.17, 15) is 9.18 Å². The molecule has 4 unspecified atom stereocenters. The van der Waals surface area contributed by atoms with Crippen LogP contribution in [0.5, 0.6) is 11.5 Å². The van der Waals surface area contributed by atoms with Crippen LogP contribution in [0, 0.1) is 41.3 Å². The number of unbranched alkanes of at least 4 members (excludes halogenated alkanes) is 4. The summed E-state index contributed by atoms with van der Waals surface area (Å²) >= 11 is 0. The van der Waals surface area contributed by atoms with Crippen LogP contribution in [0.4, 0.5) is 4.39 Å². The third kappa shape index (κ3) is 7.83. The van der Waals surface area contributed by atoms with Crippen LogP contribution in [0.1, 0.15) is 110 Å². The summed E-state index contributed by atoms with van der Waals surface area (Å²) in [6, 6.07) is 4.41. The molecule has 0 heterocycles. The Bertz CT molecular complexity index is 859. The molecule has 0 radical (unpaired) electrons. The Hall–Kier alpha value is -1.84. The van der Waals surface area contributed by atoms with Crippen molar-refractivity contribution < 1.29 is 18.7 Å². The van der Waals surface area contributed by atoms with Gasteiger partial charge in [-0.1, -0.05) is 83.8 Å². The number of rotatable bonds is 12. The number of fused-ring (bicyclic) bond motifs is 1. The fraction of sp³-hybridized carbons (Fsp3) is 0.727. The van der Waals surface area contributed by atoms with Gasteiger partial charge in [0.05, 0.1) is 5.92 Å². The van der Waals surface area contributed by atoms with Gasteiger partial charge in [0.1, 0.15) is 12.4 Å². The SMILES string of the molecule is C=CCOc1ccc(OC(=O)C2CCCC3CC(C4CCC(CCCCCCC)CC4)CCC32)cc1F. The third-order valence-electron chi connectivity index (χ3n) is 9.74. The topological polar surface area (TPSA) is 35.5 Å². The zero-order valence-corrected chi connectivity index (χ0v) is 23.1. The fourth-order valence-electron chi connectivity index (χ4n) is 7.71. The van der Waals surface area contributed by atoms with Crippen molar-refractivity contribution in [3.8, 4) is 11.5 Å². The molecule has 0 spiro atoms. The summed E-state index contributed by atoms with van der Waals surface area (Å²) < 4.78 is 25.3. The molecule has 4 atom stereocenters. The molecule has 0 bridgehead atoms. The van der Waals surface area contributed by atoms with E-state index >= 15 is 0 Å². The van der Waals surface area contributed by atoms with E-state index in [1.165, 1.54) is 95.6 Å². The summed E-state index contributed by atoms with van der Waals surface area (Å²) in [5.41, 5.74) is 0. The predicted octanol–water partition coefficient (Wildman–Crippen LogP) is 9.30. The first kappa shape index (κ1) is 28.2. The number of carbonyl (C=O) groups is 1. The average Bonchev–Trinajstić information content (AvgIpc) is 2.92. The lowest BCUT2D eigenvalue weighted by Gasteiger charge is -2.46. The van der Waals surface area contributed by atoms with E-state index < -0.39 is 5.82 Å². The van der Waals surface area contributed by atoms with Crippen LogP contribution >= 0.6 is 0 Å². The Morgan fingerprint density at radius 3 is 2.51 bits per heavy atom. The minimum Gasteiger partial charge on any atom is -0.486 e. The van der Waals surface area contributed by atoms with Crippen molar-refractivity contribution in [2.24, 2.45) is 35.5 Å². The Kier molecular flexibility index (Phi) is 10.9. The van der Waals surface area contributed by atoms with Crippen LogP contribution in [-0.2, 0) is 4.79 Å². The minimum atomic E-state index is -0.514. The maximum atomic E-state index is 14.3. The number of hydrogen-bond acceptors (Lipinski definition) is 3. The molecule has 3 aliphatic carbocycles. The van der Waals surface area contributed by atoms with Crippen molar-refractivity contribution in [1.29, 1.82) is 0 Å². The van der Waals surface area contributed by atoms with E-state index in [1.807, 2.05) is 0 Å². The van der Waals surface area contributed by atoms with Crippen molar-refractivity contribution in [1.82, 2.24) is 0 Å². The van der Waals surface area contributed by atoms with Crippen molar-refractivity contribution in [2.45, 2.75) is 110 Å². The van der Waals surface area contributed by atoms with Gasteiger partial charge in [-0.25, -0.2) is 4.39 Å². The van der Waals surface area contributed by atoms with E-state index in [1.54, 1.807) is 12.1 Å². The summed E-state index contributed by atoms with van der Waals surface area (Å²) in [6.07, 6.45) is 22.7. The molecule has 4 heteroatoms. The molecule has 0 aromatic heterocycles. The first-order valence-electron chi connectivity index (χ1n) is 15.3. The van der Waals surface area contributed by atoms with Gasteiger partial charge in [-0.15, -0.1) is 0 Å². The van der Waals surface area contributed by atoms with Crippen molar-refractivity contribution in [2.75, 3.05) is 6.61 Å². The molecular weight excluding hydrogens is 463 g/mol. The van der Waals surface area contributed by atoms with Crippen LogP contribution in [0.2, 0.25) is 0 Å². The first-order valence-corrected chi connectivity index (χ1v) is 15.3. The summed E-state index contributed by atoms with van der Waals surface area (Å²) in [4.78, 5) is 13.2. The van der Waals surface area contributed by atoms with Gasteiger partial charge >= 0.3 is 5.97 Å². The molecule has 3 nitrogen and oxygen atoms in total. The summed E-state index contributed by atoms with van der Waals surface area (Å²) in [5, 5.41) is 0. The minimum absolute atomic E-state index is 0.0529. The molecule has 206 valence electrons. The van der Waals surface area contributed by atoms with Gasteiger partial charge in [-0.05, 0) is 80.2 Å². The van der Waals surface area contributed by atoms with E-state index in [0.29, 0.717) is 11.8 Å². The lowest BCUT2D eigenvalue weighted by atomic mass is 9.59. The molecule has 0 saturated heterocycles. The van der Waals surface area contributed by atoms with Gasteiger partial charge < -0.3 is 9.47 Å². The molecule has 3 aliphatic rings. The lowest BCUT2D eigenvalue weighted by Crippen LogP contribution is -2.40. The van der Waals surface area contributed by atoms with Crippen molar-refractivity contribution in [3.05, 3.63) is 36.7 Å². The molecule has 0 aliphatic heterocycles. The second kappa shape index (κ2) is 14.4. The van der Waals surface area contributed by atoms with E-state index in [4.69, 9.17) is 9.47 Å². The number of halogens is 1. The number of benzene rings is 1. The van der Waals surface area contributed by atoms with Crippen molar-refractivity contribution >= 4 is 5.97 Å². The van der Waals surface area contributed by atoms with Crippen LogP contribution in [-0.4, -0.2) is 12.6 Å². The highest BCUT2D eigenvalue weighted by atomic mass is 19.1. The molecule has 3 saturated carbocycles. The summed E-state index contributed by atoms with van der Waals surface area (Å²) in [7, 11) is 0. The monoisotopic (exact) mass is 512 g/mol. The highest BCUT2D eigenvalue weighted by molar-refractivity contribution is 5.75. The highest BCUT2D eigenvalue weighted by Gasteiger charge is 2.43. The maximum absolute atomic E-state index is 14.3. The molecule has 1 aromatic carbocycles. The quantitative estimate of drug-likeness (QED) is 0.121. The van der Waals surface area contributed by atoms with Crippen molar-refractivity contribution in [3.63, 3.8) is 0 Å². The molecule has 4 rings (SSSR count). The molecule has 37 heavy (non-hydrogen) atoms. The van der Waals surface area contributed by atoms with E-state index in [0.717, 1.165) is 37.0 Å². The smallest absolute Gasteiger partial charge is 0.314 e. The van der Waals surface area contributed by atoms with Gasteiger partial charge in [0.2, 0.25) is 0 Å². The highest BCUT2D eigenvalue weighted by Crippen LogP contribution is 2.50. The molecule has 3 fully saturated rings. The number of hydrogen-bond donors (Lipinski definition) is 0. The Morgan fingerprint density at radius 2 is 1.76 bits per heavy atom. The van der Waals surface area contributed by atoms with Crippen LogP contribution < -0.4 is 9.47 Å². The Labute approximate surface area is 224 Å². The molecule has 0 amide bonds. The molecule has 1 aromatic rings.